The van der Waals surface area contributed by atoms with E-state index in [0.29, 0.717) is 57.9 Å². The number of nitrogens with one attached hydrogen (secondary N) is 10. The molecule has 0 unspecified atom stereocenters. The molecule has 720 valence electrons. The molecule has 3 aliphatic rings. The molecular formula is C90H109F3N16O24S. The highest BCUT2D eigenvalue weighted by atomic mass is 32.2. The molecule has 40 nitrogen and oxygen atoms in total. The lowest BCUT2D eigenvalue weighted by Crippen LogP contribution is -2.62. The number of aliphatic hydroxyl groups excluding tert-OH is 2. The number of aromatic nitrogens is 1. The van der Waals surface area contributed by atoms with E-state index in [1.54, 1.807) is 91.9 Å². The van der Waals surface area contributed by atoms with Gasteiger partial charge in [0.25, 0.3) is 0 Å². The zero-order valence-electron chi connectivity index (χ0n) is 74.0. The molecule has 0 spiro atoms. The molecule has 6 aromatic rings. The highest BCUT2D eigenvalue weighted by Crippen LogP contribution is 2.29. The Morgan fingerprint density at radius 3 is 1.51 bits per heavy atom. The van der Waals surface area contributed by atoms with Gasteiger partial charge >= 0.3 is 17.9 Å². The number of carboxylic acid groups (broad SMARTS) is 3. The molecule has 3 saturated heterocycles. The number of phenolic OH excluding ortho intramolecular Hbond substituents is 1. The molecule has 18 N–H and O–H groups in total. The number of fused-ring (bicyclic) bond motifs is 3. The minimum Gasteiger partial charge on any atom is -0.508 e. The van der Waals surface area contributed by atoms with Crippen LogP contribution in [0.25, 0.3) is 10.9 Å². The van der Waals surface area contributed by atoms with Crippen LogP contribution in [-0.2, 0) is 118 Å². The number of aromatic amines is 1. The van der Waals surface area contributed by atoms with Gasteiger partial charge in [0.2, 0.25) is 88.6 Å². The third-order valence-corrected chi connectivity index (χ3v) is 24.2. The normalized spacial score (nSPS) is 24.5. The number of para-hydroxylation sites is 1. The average Bonchev–Trinajstić information content (AvgIpc) is 1.62. The number of unbranched alkanes of at least 4 members (excludes halogenated alkanes) is 1. The average molecular weight is 1890 g/mol. The number of aliphatic hydroxyl groups is 2. The zero-order valence-corrected chi connectivity index (χ0v) is 74.8. The summed E-state index contributed by atoms with van der Waals surface area (Å²) in [6.45, 7) is 2.43. The molecule has 44 heteroatoms. The molecule has 15 atom stereocenters. The number of carboxylic acids is 3. The predicted molar refractivity (Wildman–Crippen MR) is 472 cm³/mol. The van der Waals surface area contributed by atoms with Crippen LogP contribution in [0, 0.1) is 23.4 Å². The van der Waals surface area contributed by atoms with Gasteiger partial charge in [-0.1, -0.05) is 125 Å². The second-order valence-corrected chi connectivity index (χ2v) is 34.5. The van der Waals surface area contributed by atoms with E-state index in [-0.39, 0.29) is 30.6 Å². The summed E-state index contributed by atoms with van der Waals surface area (Å²) in [5.41, 5.74) is 6.72. The number of nitrogens with zero attached hydrogens (tertiary/aromatic N) is 5. The number of aromatic hydroxyl groups is 1. The second-order valence-electron chi connectivity index (χ2n) is 33.4. The topological polar surface area (TPSA) is 595 Å². The van der Waals surface area contributed by atoms with Crippen molar-refractivity contribution >= 4 is 129 Å². The number of aliphatic carboxylic acids is 3. The van der Waals surface area contributed by atoms with Crippen LogP contribution >= 0.6 is 11.8 Å². The van der Waals surface area contributed by atoms with Crippen molar-refractivity contribution in [2.45, 2.75) is 195 Å². The number of rotatable bonds is 23. The molecule has 3 aliphatic heterocycles. The largest absolute Gasteiger partial charge is 0.508 e. The molecule has 0 radical (unpaired) electrons. The Morgan fingerprint density at radius 1 is 0.493 bits per heavy atom. The van der Waals surface area contributed by atoms with Gasteiger partial charge in [0.15, 0.2) is 17.5 Å². The lowest BCUT2D eigenvalue weighted by atomic mass is 9.98. The molecule has 5 aromatic carbocycles. The highest BCUT2D eigenvalue weighted by Gasteiger charge is 2.49. The molecule has 15 amide bonds. The molecule has 3 fully saturated rings. The summed E-state index contributed by atoms with van der Waals surface area (Å²) in [7, 11) is 3.43. The smallest absolute Gasteiger partial charge is 0.305 e. The number of halogens is 3. The van der Waals surface area contributed by atoms with Crippen LogP contribution in [0.3, 0.4) is 0 Å². The van der Waals surface area contributed by atoms with Crippen LogP contribution in [0.4, 0.5) is 13.2 Å². The molecule has 9 rings (SSSR count). The van der Waals surface area contributed by atoms with E-state index in [4.69, 9.17) is 5.73 Å². The Hall–Kier alpha value is -14.0. The number of H-pyrrole nitrogens is 1. The van der Waals surface area contributed by atoms with Crippen molar-refractivity contribution in [3.8, 4) is 5.75 Å². The summed E-state index contributed by atoms with van der Waals surface area (Å²) >= 11 is 0.521. The van der Waals surface area contributed by atoms with E-state index in [1.165, 1.54) is 51.4 Å². The Kier molecular flexibility index (Phi) is 37.0. The van der Waals surface area contributed by atoms with E-state index >= 15 is 51.9 Å². The number of benzene rings is 5. The van der Waals surface area contributed by atoms with Gasteiger partial charge in [0.05, 0.1) is 43.8 Å². The maximum absolute atomic E-state index is 15.7. The number of carbonyl (C=O) groups is 18. The van der Waals surface area contributed by atoms with Crippen molar-refractivity contribution < 1.29 is 130 Å². The Bertz CT molecular complexity index is 5310. The van der Waals surface area contributed by atoms with E-state index in [9.17, 15) is 78.2 Å². The maximum Gasteiger partial charge on any atom is 0.305 e. The zero-order chi connectivity index (χ0) is 98.2. The fourth-order valence-corrected chi connectivity index (χ4v) is 16.9. The molecule has 1 aromatic heterocycles. The number of phenols is 1. The monoisotopic (exact) mass is 1890 g/mol. The number of likely N-dealkylation sites (N-methyl/N-ethyl adjacent to an activating group) is 3. The fraction of sp³-hybridized carbons (Fsp3) is 0.444. The van der Waals surface area contributed by atoms with Gasteiger partial charge in [-0.15, -0.1) is 11.8 Å². The van der Waals surface area contributed by atoms with E-state index in [0.717, 1.165) is 38.6 Å². The molecule has 0 bridgehead atoms. The summed E-state index contributed by atoms with van der Waals surface area (Å²) in [6.07, 6.45) is -8.71. The Balaban J connectivity index is 1.14. The summed E-state index contributed by atoms with van der Waals surface area (Å²) in [5, 5.41) is 86.3. The molecular weight excluding hydrogens is 1780 g/mol. The van der Waals surface area contributed by atoms with Crippen molar-refractivity contribution in [2.24, 2.45) is 11.7 Å². The van der Waals surface area contributed by atoms with Gasteiger partial charge in [0, 0.05) is 102 Å². The number of primary amides is 1. The van der Waals surface area contributed by atoms with Crippen LogP contribution in [0.5, 0.6) is 5.75 Å². The van der Waals surface area contributed by atoms with Gasteiger partial charge in [-0.25, -0.2) is 13.2 Å². The van der Waals surface area contributed by atoms with Crippen LogP contribution in [0.1, 0.15) is 100.0 Å². The van der Waals surface area contributed by atoms with Gasteiger partial charge in [-0.05, 0) is 70.5 Å². The third-order valence-electron chi connectivity index (χ3n) is 23.1. The van der Waals surface area contributed by atoms with Crippen molar-refractivity contribution in [1.82, 2.24) is 77.3 Å². The summed E-state index contributed by atoms with van der Waals surface area (Å²) in [6, 6.07) is 4.06. The van der Waals surface area contributed by atoms with E-state index in [2.05, 4.69) is 52.8 Å². The fourth-order valence-electron chi connectivity index (χ4n) is 16.0. The van der Waals surface area contributed by atoms with Crippen LogP contribution in [-0.4, -0.2) is 310 Å². The first kappa shape index (κ1) is 104. The molecule has 0 saturated carbocycles. The predicted octanol–water partition coefficient (Wildman–Crippen LogP) is -1.29. The number of carbonyl (C=O) groups excluding carboxylic acids is 15. The van der Waals surface area contributed by atoms with Crippen LogP contribution in [0.2, 0.25) is 0 Å². The lowest BCUT2D eigenvalue weighted by Gasteiger charge is -2.38. The highest BCUT2D eigenvalue weighted by molar-refractivity contribution is 8.00. The summed E-state index contributed by atoms with van der Waals surface area (Å²) in [4.78, 5) is 269. The summed E-state index contributed by atoms with van der Waals surface area (Å²) in [5.74, 6) is -31.2. The maximum atomic E-state index is 15.7. The Labute approximate surface area is 770 Å². The summed E-state index contributed by atoms with van der Waals surface area (Å²) < 4.78 is 45.0. The number of thioether (sulfide) groups is 1. The number of nitrogens with two attached hydrogens (primary N) is 1. The lowest BCUT2D eigenvalue weighted by molar-refractivity contribution is -0.152. The minimum atomic E-state index is -2.22. The van der Waals surface area contributed by atoms with Crippen molar-refractivity contribution in [1.29, 1.82) is 0 Å². The molecule has 134 heavy (non-hydrogen) atoms. The first-order valence-corrected chi connectivity index (χ1v) is 44.2. The van der Waals surface area contributed by atoms with E-state index < -0.39 is 315 Å². The molecule has 4 heterocycles. The standard InChI is InChI=1S/C90H109F3N16O24S/c1-7-8-23-66-89(132)109-43-54(112)36-69(109)85(128)101-62(38-74(117)118)82(125)104-77(46(2)3)90(133)106(5)67(32-47-17-11-9-12-18-47)83(126)102-64(39-75(119)120)87(130)108-42-53(111)35-68(108)84(127)100-60(34-51-40-95-58-22-16-15-21-55(51)58)80(123)98-59(30-49-24-26-52(110)27-25-49)79(122)99-61(37-73(115)116)81(124)103-65(78(121)96-41-71(94)113)44-134-45-72(114)97-63(31-50-28-56(91)76(93)57(92)29-50)86(129)107(6)70(88(131)105(66)4)33-48-19-13-10-14-20-48/h9-22,24-29,40,46,53-54,59-70,77,95,110-112H,7-8,23,30-39,41-45H2,1-6H3,(H2,94,113)(H,96,121)(H,97,114)(H,98,123)(H,99,122)(H,100,127)(H,101,128)(H,102,126)(H,103,124)(H,104,125)(H,115,116)(H,117,118)(H,119,120)/t53-,54-,59+,60+,61-,62+,63-,64+,65+,66+,67-,68-,69-,70+,77+/m1/s1. The minimum absolute atomic E-state index is 0.176. The van der Waals surface area contributed by atoms with Crippen molar-refractivity contribution in [3.63, 3.8) is 0 Å². The van der Waals surface area contributed by atoms with Gasteiger partial charge in [-0.3, -0.25) is 86.3 Å². The van der Waals surface area contributed by atoms with Gasteiger partial charge in [0.1, 0.15) is 84.3 Å². The first-order chi connectivity index (χ1) is 63.5. The first-order valence-electron chi connectivity index (χ1n) is 43.0. The number of hydrogen-bond donors (Lipinski definition) is 17. The second kappa shape index (κ2) is 47.9. The quantitative estimate of drug-likeness (QED) is 0.0332. The Morgan fingerprint density at radius 2 is 0.955 bits per heavy atom. The van der Waals surface area contributed by atoms with Gasteiger partial charge < -0.3 is 114 Å². The van der Waals surface area contributed by atoms with Crippen LogP contribution < -0.4 is 53.6 Å². The van der Waals surface area contributed by atoms with Crippen molar-refractivity contribution in [3.05, 3.63) is 173 Å². The van der Waals surface area contributed by atoms with Crippen molar-refractivity contribution in [2.75, 3.05) is 52.3 Å². The molecule has 0 aliphatic carbocycles. The van der Waals surface area contributed by atoms with E-state index in [1.807, 2.05) is 0 Å². The van der Waals surface area contributed by atoms with Crippen LogP contribution in [0.15, 0.2) is 128 Å². The van der Waals surface area contributed by atoms with Gasteiger partial charge in [-0.2, -0.15) is 0 Å². The SMILES string of the molecule is CCCC[C@H]1C(=O)N2C[C@H](O)C[C@@H]2C(=O)N[C@@H](CC(=O)O)C(=O)N[C@@H](C(C)C)C(=O)N(C)[C@H](Cc2ccccc2)C(=O)N[C@@H](CC(=O)O)C(=O)N2C[C@H](O)C[C@@H]2C(=O)N[C@@H](Cc2c[nH]c3ccccc23)C(=O)N[C@@H](Cc2ccc(O)cc2)C(=O)N[C@H](CC(=O)O)C(=O)N[C@H](C(=O)NCC(N)=O)CSCC(=O)N[C@H](Cc2cc(F)c(F)c(F)c2)C(=O)N(C)[C@@H](Cc2ccccc2)C(=O)N1C. The number of amides is 15. The number of hydrogen-bond acceptors (Lipinski definition) is 22. The third kappa shape index (κ3) is 28.3.